The highest BCUT2D eigenvalue weighted by atomic mass is 35.5. The van der Waals surface area contributed by atoms with Crippen LogP contribution in [-0.2, 0) is 22.6 Å². The number of hydrogen-bond acceptors (Lipinski definition) is 3. The molecular formula is C24H30ClFN2O3. The van der Waals surface area contributed by atoms with Crippen LogP contribution < -0.4 is 10.1 Å². The summed E-state index contributed by atoms with van der Waals surface area (Å²) in [5.74, 6) is -0.493. The normalized spacial score (nSPS) is 12.7. The second-order valence-electron chi connectivity index (χ2n) is 7.49. The lowest BCUT2D eigenvalue weighted by atomic mass is 10.1. The molecular weight excluding hydrogens is 419 g/mol. The summed E-state index contributed by atoms with van der Waals surface area (Å²) in [7, 11) is 1.57. The Hall–Kier alpha value is -2.60. The van der Waals surface area contributed by atoms with Crippen molar-refractivity contribution in [3.8, 4) is 5.75 Å². The Bertz CT molecular complexity index is 886. The number of ether oxygens (including phenoxy) is 1. The van der Waals surface area contributed by atoms with Crippen LogP contribution in [0.2, 0.25) is 5.02 Å². The van der Waals surface area contributed by atoms with Crippen LogP contribution in [0.5, 0.6) is 5.75 Å². The van der Waals surface area contributed by atoms with Gasteiger partial charge in [-0.15, -0.1) is 0 Å². The number of nitrogens with one attached hydrogen (secondary N) is 1. The third-order valence-electron chi connectivity index (χ3n) is 5.26. The number of methoxy groups -OCH3 is 1. The van der Waals surface area contributed by atoms with E-state index in [2.05, 4.69) is 5.32 Å². The van der Waals surface area contributed by atoms with Gasteiger partial charge in [-0.25, -0.2) is 4.39 Å². The average Bonchev–Trinajstić information content (AvgIpc) is 2.76. The van der Waals surface area contributed by atoms with Crippen molar-refractivity contribution in [2.75, 3.05) is 7.11 Å². The summed E-state index contributed by atoms with van der Waals surface area (Å²) in [5.41, 5.74) is 0.934. The van der Waals surface area contributed by atoms with E-state index in [0.29, 0.717) is 12.2 Å². The van der Waals surface area contributed by atoms with Crippen molar-refractivity contribution in [3.63, 3.8) is 0 Å². The molecule has 2 rings (SSSR count). The van der Waals surface area contributed by atoms with Gasteiger partial charge in [0.25, 0.3) is 0 Å². The standard InChI is InChI=1S/C24H30ClFN2O3/c1-5-16(3)27-24(30)22(6-2)28(15-17-9-7-10-18(13-17)31-4)23(29)14-19-20(25)11-8-12-21(19)26/h7-13,16,22H,5-6,14-15H2,1-4H3,(H,27,30)/t16-,22+/m1/s1. The molecule has 7 heteroatoms. The highest BCUT2D eigenvalue weighted by Crippen LogP contribution is 2.23. The predicted octanol–water partition coefficient (Wildman–Crippen LogP) is 4.75. The third kappa shape index (κ3) is 6.69. The van der Waals surface area contributed by atoms with Crippen LogP contribution in [0.15, 0.2) is 42.5 Å². The van der Waals surface area contributed by atoms with Crippen molar-refractivity contribution in [3.05, 3.63) is 64.4 Å². The Labute approximate surface area is 188 Å². The molecule has 0 spiro atoms. The van der Waals surface area contributed by atoms with E-state index < -0.39 is 11.9 Å². The van der Waals surface area contributed by atoms with E-state index in [1.165, 1.54) is 17.0 Å². The van der Waals surface area contributed by atoms with Crippen molar-refractivity contribution < 1.29 is 18.7 Å². The number of carbonyl (C=O) groups excluding carboxylic acids is 2. The van der Waals surface area contributed by atoms with Crippen molar-refractivity contribution in [2.45, 2.75) is 58.7 Å². The molecule has 0 aromatic heterocycles. The van der Waals surface area contributed by atoms with Gasteiger partial charge in [-0.05, 0) is 49.6 Å². The maximum Gasteiger partial charge on any atom is 0.243 e. The van der Waals surface area contributed by atoms with E-state index in [0.717, 1.165) is 12.0 Å². The van der Waals surface area contributed by atoms with Gasteiger partial charge in [0.15, 0.2) is 0 Å². The van der Waals surface area contributed by atoms with E-state index in [9.17, 15) is 14.0 Å². The molecule has 0 saturated carbocycles. The fourth-order valence-electron chi connectivity index (χ4n) is 3.28. The highest BCUT2D eigenvalue weighted by Gasteiger charge is 2.30. The first-order valence-corrected chi connectivity index (χ1v) is 10.8. The first-order valence-electron chi connectivity index (χ1n) is 10.5. The largest absolute Gasteiger partial charge is 0.497 e. The molecule has 0 fully saturated rings. The zero-order chi connectivity index (χ0) is 23.0. The van der Waals surface area contributed by atoms with E-state index in [1.807, 2.05) is 45.0 Å². The van der Waals surface area contributed by atoms with Gasteiger partial charge >= 0.3 is 0 Å². The second kappa shape index (κ2) is 11.7. The van der Waals surface area contributed by atoms with Gasteiger partial charge in [0.1, 0.15) is 17.6 Å². The Kier molecular flexibility index (Phi) is 9.31. The number of rotatable bonds is 10. The molecule has 0 radical (unpaired) electrons. The van der Waals surface area contributed by atoms with Gasteiger partial charge in [-0.3, -0.25) is 9.59 Å². The minimum Gasteiger partial charge on any atom is -0.497 e. The first-order chi connectivity index (χ1) is 14.8. The molecule has 2 aromatic carbocycles. The highest BCUT2D eigenvalue weighted by molar-refractivity contribution is 6.31. The fraction of sp³-hybridized carbons (Fsp3) is 0.417. The molecule has 168 valence electrons. The van der Waals surface area contributed by atoms with Crippen LogP contribution in [0, 0.1) is 5.82 Å². The molecule has 31 heavy (non-hydrogen) atoms. The maximum absolute atomic E-state index is 14.3. The van der Waals surface area contributed by atoms with Crippen molar-refractivity contribution in [1.29, 1.82) is 0 Å². The minimum atomic E-state index is -0.696. The summed E-state index contributed by atoms with van der Waals surface area (Å²) >= 11 is 6.14. The van der Waals surface area contributed by atoms with Gasteiger partial charge in [-0.2, -0.15) is 0 Å². The third-order valence-corrected chi connectivity index (χ3v) is 5.62. The topological polar surface area (TPSA) is 58.6 Å². The Morgan fingerprint density at radius 3 is 2.48 bits per heavy atom. The summed E-state index contributed by atoms with van der Waals surface area (Å²) < 4.78 is 19.6. The number of benzene rings is 2. The molecule has 2 amide bonds. The zero-order valence-corrected chi connectivity index (χ0v) is 19.2. The smallest absolute Gasteiger partial charge is 0.243 e. The molecule has 0 bridgehead atoms. The summed E-state index contributed by atoms with van der Waals surface area (Å²) in [6, 6.07) is 10.9. The maximum atomic E-state index is 14.3. The van der Waals surface area contributed by atoms with Crippen LogP contribution in [-0.4, -0.2) is 35.9 Å². The Morgan fingerprint density at radius 1 is 1.16 bits per heavy atom. The lowest BCUT2D eigenvalue weighted by Gasteiger charge is -2.31. The van der Waals surface area contributed by atoms with Crippen molar-refractivity contribution in [2.24, 2.45) is 0 Å². The molecule has 0 heterocycles. The van der Waals surface area contributed by atoms with Crippen molar-refractivity contribution in [1.82, 2.24) is 10.2 Å². The molecule has 0 saturated heterocycles. The molecule has 5 nitrogen and oxygen atoms in total. The number of nitrogens with zero attached hydrogens (tertiary/aromatic N) is 1. The van der Waals surface area contributed by atoms with E-state index in [4.69, 9.17) is 16.3 Å². The summed E-state index contributed by atoms with van der Waals surface area (Å²) in [6.07, 6.45) is 0.961. The van der Waals surface area contributed by atoms with Gasteiger partial charge in [0.2, 0.25) is 11.8 Å². The van der Waals surface area contributed by atoms with Gasteiger partial charge in [0, 0.05) is 23.2 Å². The molecule has 0 aliphatic carbocycles. The van der Waals surface area contributed by atoms with E-state index in [-0.39, 0.29) is 41.4 Å². The molecule has 0 unspecified atom stereocenters. The lowest BCUT2D eigenvalue weighted by Crippen LogP contribution is -2.51. The average molecular weight is 449 g/mol. The van der Waals surface area contributed by atoms with Gasteiger partial charge in [-0.1, -0.05) is 43.6 Å². The summed E-state index contributed by atoms with van der Waals surface area (Å²) in [6.45, 7) is 5.93. The first kappa shape index (κ1) is 24.7. The lowest BCUT2D eigenvalue weighted by molar-refractivity contribution is -0.141. The number of hydrogen-bond donors (Lipinski definition) is 1. The summed E-state index contributed by atoms with van der Waals surface area (Å²) in [5, 5.41) is 3.14. The van der Waals surface area contributed by atoms with Crippen LogP contribution in [0.1, 0.15) is 44.7 Å². The Balaban J connectivity index is 2.37. The SMILES string of the molecule is CC[C@@H](C)NC(=O)[C@H](CC)N(Cc1cccc(OC)c1)C(=O)Cc1c(F)cccc1Cl. The number of carbonyl (C=O) groups is 2. The van der Waals surface area contributed by atoms with E-state index in [1.54, 1.807) is 13.2 Å². The molecule has 2 atom stereocenters. The van der Waals surface area contributed by atoms with Gasteiger partial charge in [0.05, 0.1) is 13.5 Å². The van der Waals surface area contributed by atoms with Crippen LogP contribution in [0.3, 0.4) is 0 Å². The number of halogens is 2. The zero-order valence-electron chi connectivity index (χ0n) is 18.5. The number of amides is 2. The second-order valence-corrected chi connectivity index (χ2v) is 7.90. The van der Waals surface area contributed by atoms with Gasteiger partial charge < -0.3 is 15.0 Å². The minimum absolute atomic E-state index is 0.0173. The molecule has 2 aromatic rings. The predicted molar refractivity (Wildman–Crippen MR) is 121 cm³/mol. The van der Waals surface area contributed by atoms with Crippen LogP contribution in [0.4, 0.5) is 4.39 Å². The van der Waals surface area contributed by atoms with Crippen LogP contribution in [0.25, 0.3) is 0 Å². The molecule has 0 aliphatic heterocycles. The molecule has 0 aliphatic rings. The fourth-order valence-corrected chi connectivity index (χ4v) is 3.51. The van der Waals surface area contributed by atoms with Crippen LogP contribution >= 0.6 is 11.6 Å². The monoisotopic (exact) mass is 448 g/mol. The Morgan fingerprint density at radius 2 is 1.87 bits per heavy atom. The van der Waals surface area contributed by atoms with E-state index >= 15 is 0 Å². The van der Waals surface area contributed by atoms with Crippen molar-refractivity contribution >= 4 is 23.4 Å². The summed E-state index contributed by atoms with van der Waals surface area (Å²) in [4.78, 5) is 27.8. The quantitative estimate of drug-likeness (QED) is 0.570. The molecule has 1 N–H and O–H groups in total.